The molecule has 0 fully saturated rings. The Labute approximate surface area is 166 Å². The first-order chi connectivity index (χ1) is 14.1. The maximum Gasteiger partial charge on any atom is 0.220 e. The van der Waals surface area contributed by atoms with Crippen LogP contribution in [-0.2, 0) is 13.0 Å². The summed E-state index contributed by atoms with van der Waals surface area (Å²) < 4.78 is 20.1. The van der Waals surface area contributed by atoms with Crippen molar-refractivity contribution in [3.8, 4) is 17.0 Å². The average Bonchev–Trinajstić information content (AvgIpc) is 3.18. The number of hydrogen-bond donors (Lipinski definition) is 3. The van der Waals surface area contributed by atoms with E-state index in [2.05, 4.69) is 31.3 Å². The fourth-order valence-corrected chi connectivity index (χ4v) is 3.75. The lowest BCUT2D eigenvalue weighted by Crippen LogP contribution is -2.29. The zero-order chi connectivity index (χ0) is 20.0. The van der Waals surface area contributed by atoms with Crippen molar-refractivity contribution < 1.29 is 9.13 Å². The van der Waals surface area contributed by atoms with Gasteiger partial charge in [-0.2, -0.15) is 0 Å². The van der Waals surface area contributed by atoms with Crippen molar-refractivity contribution in [1.29, 1.82) is 0 Å². The third-order valence-corrected chi connectivity index (χ3v) is 5.23. The summed E-state index contributed by atoms with van der Waals surface area (Å²) in [5.74, 6) is 1.27. The first-order valence-electron chi connectivity index (χ1n) is 9.28. The monoisotopic (exact) mass is 390 g/mol. The molecule has 8 heteroatoms. The second-order valence-corrected chi connectivity index (χ2v) is 7.05. The number of nitrogens with two attached hydrogens (primary N) is 1. The van der Waals surface area contributed by atoms with Gasteiger partial charge in [0.25, 0.3) is 0 Å². The second-order valence-electron chi connectivity index (χ2n) is 7.05. The Balaban J connectivity index is 1.51. The van der Waals surface area contributed by atoms with E-state index in [0.717, 1.165) is 18.7 Å². The van der Waals surface area contributed by atoms with Gasteiger partial charge in [0, 0.05) is 18.3 Å². The molecular weight excluding hydrogens is 371 g/mol. The number of halogens is 1. The number of hydrogen-bond acceptors (Lipinski definition) is 6. The number of aromatic nitrogens is 4. The highest BCUT2D eigenvalue weighted by Crippen LogP contribution is 2.30. The van der Waals surface area contributed by atoms with Crippen LogP contribution in [0.1, 0.15) is 23.0 Å². The van der Waals surface area contributed by atoms with Crippen molar-refractivity contribution >= 4 is 17.0 Å². The quantitative estimate of drug-likeness (QED) is 0.497. The predicted molar refractivity (Wildman–Crippen MR) is 108 cm³/mol. The molecule has 2 aromatic carbocycles. The number of fused-ring (bicyclic) bond motifs is 2. The SMILES string of the molecule is COc1ccc2c(c1)CC(c1nc3c(F)cc(-c4ccnc(N)n4)cc3[nH]1)NC2. The van der Waals surface area contributed by atoms with Gasteiger partial charge < -0.3 is 20.8 Å². The Kier molecular flexibility index (Phi) is 4.13. The molecule has 0 spiro atoms. The van der Waals surface area contributed by atoms with E-state index in [1.54, 1.807) is 19.4 Å². The van der Waals surface area contributed by atoms with Gasteiger partial charge in [-0.05, 0) is 47.9 Å². The van der Waals surface area contributed by atoms with Crippen molar-refractivity contribution in [2.24, 2.45) is 0 Å². The number of H-pyrrole nitrogens is 1. The average molecular weight is 390 g/mol. The van der Waals surface area contributed by atoms with Gasteiger partial charge in [0.2, 0.25) is 5.95 Å². The standard InChI is InChI=1S/C21H19FN6O/c1-29-14-3-2-11-10-25-18(8-12(11)6-14)20-26-17-9-13(7-15(22)19(17)28-20)16-4-5-24-21(23)27-16/h2-7,9,18,25H,8,10H2,1H3,(H,26,28)(H2,23,24,27). The van der Waals surface area contributed by atoms with Gasteiger partial charge in [-0.1, -0.05) is 6.07 Å². The van der Waals surface area contributed by atoms with E-state index in [1.807, 2.05) is 18.2 Å². The summed E-state index contributed by atoms with van der Waals surface area (Å²) in [6.45, 7) is 0.717. The highest BCUT2D eigenvalue weighted by molar-refractivity contribution is 5.82. The first-order valence-corrected chi connectivity index (χ1v) is 9.28. The van der Waals surface area contributed by atoms with Crippen LogP contribution in [-0.4, -0.2) is 27.0 Å². The van der Waals surface area contributed by atoms with Crippen LogP contribution in [0, 0.1) is 5.82 Å². The summed E-state index contributed by atoms with van der Waals surface area (Å²) in [5.41, 5.74) is 10.2. The van der Waals surface area contributed by atoms with Gasteiger partial charge in [0.05, 0.1) is 24.4 Å². The molecule has 0 bridgehead atoms. The van der Waals surface area contributed by atoms with E-state index in [-0.39, 0.29) is 12.0 Å². The maximum atomic E-state index is 14.8. The van der Waals surface area contributed by atoms with E-state index in [0.29, 0.717) is 28.1 Å². The van der Waals surface area contributed by atoms with Gasteiger partial charge in [-0.25, -0.2) is 19.3 Å². The number of nitrogen functional groups attached to an aromatic ring is 1. The van der Waals surface area contributed by atoms with Crippen molar-refractivity contribution in [3.05, 3.63) is 65.4 Å². The number of methoxy groups -OCH3 is 1. The second kappa shape index (κ2) is 6.82. The summed E-state index contributed by atoms with van der Waals surface area (Å²) >= 11 is 0. The minimum absolute atomic E-state index is 0.0421. The highest BCUT2D eigenvalue weighted by Gasteiger charge is 2.23. The number of anilines is 1. The van der Waals surface area contributed by atoms with E-state index >= 15 is 0 Å². The molecule has 0 saturated heterocycles. The van der Waals surface area contributed by atoms with Gasteiger partial charge in [0.15, 0.2) is 5.82 Å². The van der Waals surface area contributed by atoms with E-state index in [9.17, 15) is 4.39 Å². The van der Waals surface area contributed by atoms with Gasteiger partial charge in [-0.3, -0.25) is 0 Å². The van der Waals surface area contributed by atoms with Crippen LogP contribution >= 0.6 is 0 Å². The summed E-state index contributed by atoms with van der Waals surface area (Å²) in [7, 11) is 1.66. The summed E-state index contributed by atoms with van der Waals surface area (Å²) in [6.07, 6.45) is 2.29. The third kappa shape index (κ3) is 3.17. The lowest BCUT2D eigenvalue weighted by atomic mass is 9.95. The van der Waals surface area contributed by atoms with Gasteiger partial charge in [0.1, 0.15) is 17.1 Å². The van der Waals surface area contributed by atoms with Crippen LogP contribution in [0.25, 0.3) is 22.3 Å². The van der Waals surface area contributed by atoms with E-state index in [1.165, 1.54) is 17.2 Å². The molecule has 1 aliphatic rings. The molecule has 4 N–H and O–H groups in total. The van der Waals surface area contributed by atoms with E-state index < -0.39 is 5.82 Å². The molecule has 1 aliphatic heterocycles. The van der Waals surface area contributed by atoms with Crippen molar-refractivity contribution in [2.75, 3.05) is 12.8 Å². The highest BCUT2D eigenvalue weighted by atomic mass is 19.1. The first kappa shape index (κ1) is 17.6. The predicted octanol–water partition coefficient (Wildman–Crippen LogP) is 3.14. The Hall–Kier alpha value is -3.52. The Morgan fingerprint density at radius 3 is 2.86 bits per heavy atom. The van der Waals surface area contributed by atoms with Crippen LogP contribution in [0.4, 0.5) is 10.3 Å². The molecule has 5 rings (SSSR count). The lowest BCUT2D eigenvalue weighted by Gasteiger charge is -2.25. The molecular formula is C21H19FN6O. The Bertz CT molecular complexity index is 1220. The molecule has 3 heterocycles. The van der Waals surface area contributed by atoms with Crippen molar-refractivity contribution in [2.45, 2.75) is 19.0 Å². The molecule has 0 amide bonds. The minimum atomic E-state index is -0.407. The largest absolute Gasteiger partial charge is 0.497 e. The lowest BCUT2D eigenvalue weighted by molar-refractivity contribution is 0.411. The Morgan fingerprint density at radius 1 is 1.14 bits per heavy atom. The number of rotatable bonds is 3. The topological polar surface area (TPSA) is 102 Å². The summed E-state index contributed by atoms with van der Waals surface area (Å²) in [5, 5.41) is 3.47. The zero-order valence-electron chi connectivity index (χ0n) is 15.7. The number of nitrogens with zero attached hydrogens (tertiary/aromatic N) is 3. The minimum Gasteiger partial charge on any atom is -0.497 e. The maximum absolute atomic E-state index is 14.8. The van der Waals surface area contributed by atoms with Crippen LogP contribution in [0.5, 0.6) is 5.75 Å². The molecule has 2 aromatic heterocycles. The molecule has 0 radical (unpaired) electrons. The van der Waals surface area contributed by atoms with Gasteiger partial charge >= 0.3 is 0 Å². The number of benzene rings is 2. The normalized spacial score (nSPS) is 16.0. The fourth-order valence-electron chi connectivity index (χ4n) is 3.75. The van der Waals surface area contributed by atoms with Crippen molar-refractivity contribution in [3.63, 3.8) is 0 Å². The fraction of sp³-hybridized carbons (Fsp3) is 0.190. The van der Waals surface area contributed by atoms with Crippen LogP contribution in [0.15, 0.2) is 42.6 Å². The molecule has 29 heavy (non-hydrogen) atoms. The third-order valence-electron chi connectivity index (χ3n) is 5.23. The summed E-state index contributed by atoms with van der Waals surface area (Å²) in [4.78, 5) is 15.8. The number of imidazole rings is 1. The molecule has 7 nitrogen and oxygen atoms in total. The Morgan fingerprint density at radius 2 is 2.03 bits per heavy atom. The van der Waals surface area contributed by atoms with E-state index in [4.69, 9.17) is 10.5 Å². The number of nitrogens with one attached hydrogen (secondary N) is 2. The zero-order valence-corrected chi connectivity index (χ0v) is 15.7. The molecule has 1 atom stereocenters. The smallest absolute Gasteiger partial charge is 0.220 e. The summed E-state index contributed by atoms with van der Waals surface area (Å²) in [6, 6.07) is 11.0. The van der Waals surface area contributed by atoms with Crippen LogP contribution < -0.4 is 15.8 Å². The van der Waals surface area contributed by atoms with Crippen LogP contribution in [0.3, 0.4) is 0 Å². The number of ether oxygens (including phenoxy) is 1. The van der Waals surface area contributed by atoms with Crippen molar-refractivity contribution in [1.82, 2.24) is 25.3 Å². The molecule has 0 saturated carbocycles. The van der Waals surface area contributed by atoms with Gasteiger partial charge in [-0.15, -0.1) is 0 Å². The number of aromatic amines is 1. The molecule has 0 aliphatic carbocycles. The van der Waals surface area contributed by atoms with Crippen LogP contribution in [0.2, 0.25) is 0 Å². The molecule has 4 aromatic rings. The molecule has 146 valence electrons. The molecule has 1 unspecified atom stereocenters.